The molecule has 0 saturated carbocycles. The van der Waals surface area contributed by atoms with Gasteiger partial charge in [-0.3, -0.25) is 14.5 Å². The topological polar surface area (TPSA) is 60.9 Å². The number of hydrogen-bond acceptors (Lipinski definition) is 3. The van der Waals surface area contributed by atoms with E-state index in [0.717, 1.165) is 5.69 Å². The van der Waals surface area contributed by atoms with E-state index in [1.54, 1.807) is 18.9 Å². The zero-order valence-electron chi connectivity index (χ0n) is 11.8. The Morgan fingerprint density at radius 2 is 1.95 bits per heavy atom. The minimum absolute atomic E-state index is 0.0256. The highest BCUT2D eigenvalue weighted by molar-refractivity contribution is 5.94. The second-order valence-corrected chi connectivity index (χ2v) is 5.37. The summed E-state index contributed by atoms with van der Waals surface area (Å²) in [6.07, 6.45) is 0. The molecule has 0 aromatic heterocycles. The van der Waals surface area contributed by atoms with E-state index in [1.165, 1.54) is 0 Å². The lowest BCUT2D eigenvalue weighted by atomic mass is 9.87. The third-order valence-corrected chi connectivity index (χ3v) is 3.96. The van der Waals surface area contributed by atoms with E-state index < -0.39 is 5.97 Å². The maximum absolute atomic E-state index is 12.1. The Morgan fingerprint density at radius 3 is 2.50 bits per heavy atom. The predicted octanol–water partition coefficient (Wildman–Crippen LogP) is 1.30. The zero-order chi connectivity index (χ0) is 14.7. The van der Waals surface area contributed by atoms with Crippen LogP contribution in [0.4, 0.5) is 5.69 Å². The summed E-state index contributed by atoms with van der Waals surface area (Å²) in [6.45, 7) is 3.43. The zero-order valence-corrected chi connectivity index (χ0v) is 11.8. The third-order valence-electron chi connectivity index (χ3n) is 3.96. The molecule has 1 N–H and O–H groups in total. The van der Waals surface area contributed by atoms with Gasteiger partial charge in [-0.1, -0.05) is 25.1 Å². The van der Waals surface area contributed by atoms with E-state index in [2.05, 4.69) is 0 Å². The van der Waals surface area contributed by atoms with Crippen LogP contribution in [-0.4, -0.2) is 48.6 Å². The van der Waals surface area contributed by atoms with Crippen LogP contribution < -0.4 is 4.90 Å². The quantitative estimate of drug-likeness (QED) is 0.880. The number of likely N-dealkylation sites (N-methyl/N-ethyl adjacent to an activating group) is 1. The van der Waals surface area contributed by atoms with Gasteiger partial charge < -0.3 is 10.0 Å². The lowest BCUT2D eigenvalue weighted by Crippen LogP contribution is -2.54. The van der Waals surface area contributed by atoms with Crippen molar-refractivity contribution in [2.24, 2.45) is 11.8 Å². The highest BCUT2D eigenvalue weighted by atomic mass is 16.4. The van der Waals surface area contributed by atoms with Crippen LogP contribution in [0.2, 0.25) is 0 Å². The smallest absolute Gasteiger partial charge is 0.306 e. The molecule has 5 heteroatoms. The third kappa shape index (κ3) is 3.17. The fourth-order valence-electron chi connectivity index (χ4n) is 2.35. The second kappa shape index (κ2) is 6.05. The van der Waals surface area contributed by atoms with Gasteiger partial charge in [0.2, 0.25) is 5.91 Å². The van der Waals surface area contributed by atoms with Crippen molar-refractivity contribution in [3.63, 3.8) is 0 Å². The van der Waals surface area contributed by atoms with Crippen LogP contribution in [0.1, 0.15) is 6.92 Å². The summed E-state index contributed by atoms with van der Waals surface area (Å²) in [4.78, 5) is 26.6. The summed E-state index contributed by atoms with van der Waals surface area (Å²) in [5, 5.41) is 8.93. The first-order valence-electron chi connectivity index (χ1n) is 6.76. The van der Waals surface area contributed by atoms with Crippen molar-refractivity contribution in [2.75, 3.05) is 31.6 Å². The lowest BCUT2D eigenvalue weighted by Gasteiger charge is -2.41. The first kappa shape index (κ1) is 14.5. The average molecular weight is 276 g/mol. The number of aliphatic carboxylic acids is 1. The SMILES string of the molecule is CC(C(=O)O)C1CN(CC(=O)N(C)c2ccccc2)C1. The largest absolute Gasteiger partial charge is 0.481 e. The Kier molecular flexibility index (Phi) is 4.39. The van der Waals surface area contributed by atoms with E-state index in [-0.39, 0.29) is 17.7 Å². The normalized spacial score (nSPS) is 17.3. The van der Waals surface area contributed by atoms with Gasteiger partial charge in [0.1, 0.15) is 0 Å². The van der Waals surface area contributed by atoms with E-state index in [4.69, 9.17) is 5.11 Å². The van der Waals surface area contributed by atoms with Crippen molar-refractivity contribution in [3.05, 3.63) is 30.3 Å². The minimum Gasteiger partial charge on any atom is -0.481 e. The molecule has 1 fully saturated rings. The van der Waals surface area contributed by atoms with Crippen LogP contribution in [0.15, 0.2) is 30.3 Å². The van der Waals surface area contributed by atoms with E-state index in [9.17, 15) is 9.59 Å². The van der Waals surface area contributed by atoms with Gasteiger partial charge in [-0.2, -0.15) is 0 Å². The summed E-state index contributed by atoms with van der Waals surface area (Å²) in [7, 11) is 1.76. The summed E-state index contributed by atoms with van der Waals surface area (Å²) in [6, 6.07) is 9.49. The molecule has 0 spiro atoms. The molecule has 1 aromatic carbocycles. The number of carbonyl (C=O) groups is 2. The van der Waals surface area contributed by atoms with E-state index in [1.807, 2.05) is 35.2 Å². The Bertz CT molecular complexity index is 483. The van der Waals surface area contributed by atoms with Gasteiger partial charge in [0.15, 0.2) is 0 Å². The second-order valence-electron chi connectivity index (χ2n) is 5.37. The molecule has 1 heterocycles. The number of carboxylic acids is 1. The fraction of sp³-hybridized carbons (Fsp3) is 0.467. The number of benzene rings is 1. The van der Waals surface area contributed by atoms with E-state index in [0.29, 0.717) is 19.6 Å². The Morgan fingerprint density at radius 1 is 1.35 bits per heavy atom. The molecule has 1 amide bonds. The molecule has 20 heavy (non-hydrogen) atoms. The maximum atomic E-state index is 12.1. The summed E-state index contributed by atoms with van der Waals surface area (Å²) < 4.78 is 0. The van der Waals surface area contributed by atoms with Crippen molar-refractivity contribution in [1.29, 1.82) is 0 Å². The highest BCUT2D eigenvalue weighted by Crippen LogP contribution is 2.24. The van der Waals surface area contributed by atoms with Crippen LogP contribution in [-0.2, 0) is 9.59 Å². The Labute approximate surface area is 118 Å². The summed E-state index contributed by atoms with van der Waals surface area (Å²) in [5.74, 6) is -0.921. The van der Waals surface area contributed by atoms with Crippen molar-refractivity contribution < 1.29 is 14.7 Å². The monoisotopic (exact) mass is 276 g/mol. The van der Waals surface area contributed by atoms with Gasteiger partial charge in [0, 0.05) is 25.8 Å². The van der Waals surface area contributed by atoms with Gasteiger partial charge in [-0.25, -0.2) is 0 Å². The van der Waals surface area contributed by atoms with Gasteiger partial charge in [-0.05, 0) is 18.1 Å². The van der Waals surface area contributed by atoms with Gasteiger partial charge in [0.05, 0.1) is 12.5 Å². The maximum Gasteiger partial charge on any atom is 0.306 e. The first-order chi connectivity index (χ1) is 9.49. The van der Waals surface area contributed by atoms with Crippen LogP contribution >= 0.6 is 0 Å². The molecular weight excluding hydrogens is 256 g/mol. The standard InChI is InChI=1S/C15H20N2O3/c1-11(15(19)20)12-8-17(9-12)10-14(18)16(2)13-6-4-3-5-7-13/h3-7,11-12H,8-10H2,1-2H3,(H,19,20). The molecular formula is C15H20N2O3. The average Bonchev–Trinajstić information content (AvgIpc) is 2.41. The number of carbonyl (C=O) groups excluding carboxylic acids is 1. The number of rotatable bonds is 5. The molecule has 108 valence electrons. The summed E-state index contributed by atoms with van der Waals surface area (Å²) >= 11 is 0. The molecule has 1 atom stereocenters. The molecule has 1 aromatic rings. The van der Waals surface area contributed by atoms with Crippen molar-refractivity contribution in [3.8, 4) is 0 Å². The van der Waals surface area contributed by atoms with Crippen molar-refractivity contribution >= 4 is 17.6 Å². The number of amides is 1. The molecule has 2 rings (SSSR count). The molecule has 1 aliphatic rings. The molecule has 5 nitrogen and oxygen atoms in total. The number of likely N-dealkylation sites (tertiary alicyclic amines) is 1. The van der Waals surface area contributed by atoms with Gasteiger partial charge in [-0.15, -0.1) is 0 Å². The number of anilines is 1. The fourth-order valence-corrected chi connectivity index (χ4v) is 2.35. The Hall–Kier alpha value is -1.88. The van der Waals surface area contributed by atoms with Gasteiger partial charge in [0.25, 0.3) is 0 Å². The molecule has 0 bridgehead atoms. The van der Waals surface area contributed by atoms with Gasteiger partial charge >= 0.3 is 5.97 Å². The van der Waals surface area contributed by atoms with Crippen LogP contribution in [0, 0.1) is 11.8 Å². The van der Waals surface area contributed by atoms with Crippen molar-refractivity contribution in [1.82, 2.24) is 4.90 Å². The molecule has 1 unspecified atom stereocenters. The number of para-hydroxylation sites is 1. The highest BCUT2D eigenvalue weighted by Gasteiger charge is 2.35. The van der Waals surface area contributed by atoms with E-state index >= 15 is 0 Å². The predicted molar refractivity (Wildman–Crippen MR) is 76.6 cm³/mol. The Balaban J connectivity index is 1.81. The van der Waals surface area contributed by atoms with Crippen LogP contribution in [0.5, 0.6) is 0 Å². The molecule has 1 aliphatic heterocycles. The van der Waals surface area contributed by atoms with Crippen LogP contribution in [0.3, 0.4) is 0 Å². The number of carboxylic acid groups (broad SMARTS) is 1. The molecule has 1 saturated heterocycles. The number of hydrogen-bond donors (Lipinski definition) is 1. The van der Waals surface area contributed by atoms with Crippen molar-refractivity contribution in [2.45, 2.75) is 6.92 Å². The number of nitrogens with zero attached hydrogens (tertiary/aromatic N) is 2. The first-order valence-corrected chi connectivity index (χ1v) is 6.76. The molecule has 0 aliphatic carbocycles. The van der Waals surface area contributed by atoms with Crippen LogP contribution in [0.25, 0.3) is 0 Å². The summed E-state index contributed by atoms with van der Waals surface area (Å²) in [5.41, 5.74) is 0.869. The minimum atomic E-state index is -0.762. The molecule has 0 radical (unpaired) electrons. The lowest BCUT2D eigenvalue weighted by molar-refractivity contribution is -0.145.